The van der Waals surface area contributed by atoms with Crippen LogP contribution in [0.2, 0.25) is 9.36 Å². The third-order valence-electron chi connectivity index (χ3n) is 3.86. The van der Waals surface area contributed by atoms with Crippen LogP contribution in [0.3, 0.4) is 0 Å². The molecule has 1 atom stereocenters. The molecule has 1 aliphatic heterocycles. The monoisotopic (exact) mass is 355 g/mol. The predicted octanol–water partition coefficient (Wildman–Crippen LogP) is 4.15. The van der Waals surface area contributed by atoms with Crippen molar-refractivity contribution in [3.63, 3.8) is 0 Å². The molecule has 1 aromatic heterocycles. The fourth-order valence-corrected chi connectivity index (χ4v) is 4.29. The normalized spacial score (nSPS) is 18.0. The van der Waals surface area contributed by atoms with Gasteiger partial charge in [-0.3, -0.25) is 9.69 Å². The van der Waals surface area contributed by atoms with Gasteiger partial charge in [-0.1, -0.05) is 41.4 Å². The molecule has 0 aliphatic carbocycles. The number of esters is 1. The molecule has 0 saturated carbocycles. The number of benzene rings is 1. The van der Waals surface area contributed by atoms with Gasteiger partial charge in [-0.15, -0.1) is 11.3 Å². The minimum atomic E-state index is -0.302. The Hall–Kier alpha value is -1.07. The molecule has 1 aliphatic rings. The van der Waals surface area contributed by atoms with Gasteiger partial charge in [0, 0.05) is 29.4 Å². The lowest BCUT2D eigenvalue weighted by molar-refractivity contribution is -0.147. The van der Waals surface area contributed by atoms with Crippen molar-refractivity contribution in [1.82, 2.24) is 4.90 Å². The summed E-state index contributed by atoms with van der Waals surface area (Å²) in [5.74, 6) is -0.220. The Balaban J connectivity index is 1.89. The van der Waals surface area contributed by atoms with E-state index in [4.69, 9.17) is 27.9 Å². The molecule has 0 radical (unpaired) electrons. The van der Waals surface area contributed by atoms with Gasteiger partial charge in [0.2, 0.25) is 0 Å². The Morgan fingerprint density at radius 1 is 1.41 bits per heavy atom. The zero-order valence-corrected chi connectivity index (χ0v) is 14.3. The molecule has 1 aromatic carbocycles. The minimum absolute atomic E-state index is 0.220. The molecule has 2 aromatic rings. The van der Waals surface area contributed by atoms with Gasteiger partial charge >= 0.3 is 5.97 Å². The van der Waals surface area contributed by atoms with Crippen LogP contribution in [0.1, 0.15) is 16.0 Å². The van der Waals surface area contributed by atoms with Gasteiger partial charge in [0.15, 0.2) is 0 Å². The van der Waals surface area contributed by atoms with Crippen LogP contribution in [0.25, 0.3) is 0 Å². The van der Waals surface area contributed by atoms with Crippen molar-refractivity contribution >= 4 is 40.5 Å². The van der Waals surface area contributed by atoms with E-state index in [0.717, 1.165) is 14.8 Å². The second-order valence-corrected chi connectivity index (χ2v) is 7.41. The molecule has 0 saturated heterocycles. The number of ether oxygens (including phenoxy) is 1. The first-order valence-electron chi connectivity index (χ1n) is 6.91. The highest BCUT2D eigenvalue weighted by Gasteiger charge is 2.33. The van der Waals surface area contributed by atoms with Gasteiger partial charge in [-0.25, -0.2) is 0 Å². The number of nitrogens with zero attached hydrogens (tertiary/aromatic N) is 1. The maximum absolute atomic E-state index is 12.1. The average molecular weight is 356 g/mol. The summed E-state index contributed by atoms with van der Waals surface area (Å²) in [7, 11) is 1.42. The van der Waals surface area contributed by atoms with Gasteiger partial charge in [0.25, 0.3) is 0 Å². The number of hydrogen-bond donors (Lipinski definition) is 0. The number of halogens is 2. The zero-order chi connectivity index (χ0) is 15.7. The van der Waals surface area contributed by atoms with Crippen LogP contribution in [-0.2, 0) is 29.0 Å². The van der Waals surface area contributed by atoms with Crippen LogP contribution < -0.4 is 0 Å². The molecule has 0 fully saturated rings. The molecular weight excluding hydrogens is 341 g/mol. The SMILES string of the molecule is COC(=O)C1Cc2sc(Cl)cc2CN1Cc1ccccc1Cl. The molecule has 0 amide bonds. The van der Waals surface area contributed by atoms with Gasteiger partial charge in [-0.2, -0.15) is 0 Å². The smallest absolute Gasteiger partial charge is 0.323 e. The molecule has 0 bridgehead atoms. The Labute approximate surface area is 143 Å². The van der Waals surface area contributed by atoms with Crippen molar-refractivity contribution in [2.24, 2.45) is 0 Å². The van der Waals surface area contributed by atoms with Gasteiger partial charge in [0.1, 0.15) is 6.04 Å². The summed E-state index contributed by atoms with van der Waals surface area (Å²) in [6.45, 7) is 1.27. The standard InChI is InChI=1S/C16H15Cl2NO2S/c1-21-16(20)13-7-14-11(6-15(18)22-14)9-19(13)8-10-4-2-3-5-12(10)17/h2-6,13H,7-9H2,1H3. The lowest BCUT2D eigenvalue weighted by Gasteiger charge is -2.33. The number of methoxy groups -OCH3 is 1. The maximum atomic E-state index is 12.1. The van der Waals surface area contributed by atoms with E-state index in [9.17, 15) is 4.79 Å². The van der Waals surface area contributed by atoms with Crippen molar-refractivity contribution in [2.45, 2.75) is 25.6 Å². The Kier molecular flexibility index (Phi) is 4.73. The van der Waals surface area contributed by atoms with E-state index in [0.29, 0.717) is 24.5 Å². The molecule has 22 heavy (non-hydrogen) atoms. The first kappa shape index (κ1) is 15.8. The van der Waals surface area contributed by atoms with E-state index in [1.807, 2.05) is 30.3 Å². The van der Waals surface area contributed by atoms with Crippen LogP contribution in [0, 0.1) is 0 Å². The first-order valence-corrected chi connectivity index (χ1v) is 8.48. The summed E-state index contributed by atoms with van der Waals surface area (Å²) in [5.41, 5.74) is 2.19. The van der Waals surface area contributed by atoms with Crippen LogP contribution in [0.5, 0.6) is 0 Å². The average Bonchev–Trinajstić information content (AvgIpc) is 2.87. The zero-order valence-electron chi connectivity index (χ0n) is 12.0. The van der Waals surface area contributed by atoms with E-state index >= 15 is 0 Å². The summed E-state index contributed by atoms with van der Waals surface area (Å²) >= 11 is 13.9. The second kappa shape index (κ2) is 6.59. The van der Waals surface area contributed by atoms with E-state index in [1.54, 1.807) is 0 Å². The van der Waals surface area contributed by atoms with Gasteiger partial charge in [0.05, 0.1) is 11.4 Å². The van der Waals surface area contributed by atoms with Gasteiger partial charge < -0.3 is 4.74 Å². The van der Waals surface area contributed by atoms with E-state index in [1.165, 1.54) is 24.0 Å². The number of carbonyl (C=O) groups is 1. The molecular formula is C16H15Cl2NO2S. The van der Waals surface area contributed by atoms with Crippen molar-refractivity contribution in [3.05, 3.63) is 55.7 Å². The number of hydrogen-bond acceptors (Lipinski definition) is 4. The van der Waals surface area contributed by atoms with Crippen LogP contribution in [0.4, 0.5) is 0 Å². The number of thiophene rings is 1. The second-order valence-electron chi connectivity index (χ2n) is 5.24. The number of fused-ring (bicyclic) bond motifs is 1. The largest absolute Gasteiger partial charge is 0.468 e. The van der Waals surface area contributed by atoms with Crippen molar-refractivity contribution in [1.29, 1.82) is 0 Å². The van der Waals surface area contributed by atoms with Crippen molar-refractivity contribution in [2.75, 3.05) is 7.11 Å². The van der Waals surface area contributed by atoms with E-state index < -0.39 is 0 Å². The third kappa shape index (κ3) is 3.15. The molecule has 0 N–H and O–H groups in total. The summed E-state index contributed by atoms with van der Waals surface area (Å²) < 4.78 is 5.73. The number of rotatable bonds is 3. The van der Waals surface area contributed by atoms with Crippen molar-refractivity contribution < 1.29 is 9.53 Å². The molecule has 1 unspecified atom stereocenters. The van der Waals surface area contributed by atoms with Gasteiger partial charge in [-0.05, 0) is 23.3 Å². The predicted molar refractivity (Wildman–Crippen MR) is 89.5 cm³/mol. The molecule has 3 nitrogen and oxygen atoms in total. The lowest BCUT2D eigenvalue weighted by Crippen LogP contribution is -2.45. The Morgan fingerprint density at radius 2 is 2.18 bits per heavy atom. The Morgan fingerprint density at radius 3 is 2.91 bits per heavy atom. The molecule has 3 rings (SSSR count). The fourth-order valence-electron chi connectivity index (χ4n) is 2.75. The summed E-state index contributed by atoms with van der Waals surface area (Å²) in [4.78, 5) is 15.4. The first-order chi connectivity index (χ1) is 10.6. The van der Waals surface area contributed by atoms with Crippen LogP contribution in [-0.4, -0.2) is 24.0 Å². The van der Waals surface area contributed by atoms with Crippen LogP contribution >= 0.6 is 34.5 Å². The third-order valence-corrected chi connectivity index (χ3v) is 5.56. The lowest BCUT2D eigenvalue weighted by atomic mass is 10.0. The minimum Gasteiger partial charge on any atom is -0.468 e. The highest BCUT2D eigenvalue weighted by atomic mass is 35.5. The summed E-state index contributed by atoms with van der Waals surface area (Å²) in [6, 6.07) is 9.37. The molecule has 0 spiro atoms. The van der Waals surface area contributed by atoms with E-state index in [2.05, 4.69) is 4.90 Å². The summed E-state index contributed by atoms with van der Waals surface area (Å²) in [6.07, 6.45) is 0.629. The summed E-state index contributed by atoms with van der Waals surface area (Å²) in [5, 5.41) is 0.709. The maximum Gasteiger partial charge on any atom is 0.323 e. The van der Waals surface area contributed by atoms with Crippen molar-refractivity contribution in [3.8, 4) is 0 Å². The molecule has 6 heteroatoms. The fraction of sp³-hybridized carbons (Fsp3) is 0.312. The highest BCUT2D eigenvalue weighted by molar-refractivity contribution is 7.16. The molecule has 2 heterocycles. The van der Waals surface area contributed by atoms with Crippen LogP contribution in [0.15, 0.2) is 30.3 Å². The number of carbonyl (C=O) groups excluding carboxylic acids is 1. The Bertz CT molecular complexity index is 701. The topological polar surface area (TPSA) is 29.5 Å². The highest BCUT2D eigenvalue weighted by Crippen LogP contribution is 2.34. The quantitative estimate of drug-likeness (QED) is 0.774. The molecule has 116 valence electrons. The van der Waals surface area contributed by atoms with E-state index in [-0.39, 0.29) is 12.0 Å².